The summed E-state index contributed by atoms with van der Waals surface area (Å²) in [5, 5.41) is 3.51. The zero-order valence-electron chi connectivity index (χ0n) is 9.94. The average Bonchev–Trinajstić information content (AvgIpc) is 2.74. The SMILES string of the molecule is COC1CCCC1NCc1ccnc(C)n1. The minimum absolute atomic E-state index is 0.364. The van der Waals surface area contributed by atoms with Crippen molar-refractivity contribution in [1.29, 1.82) is 0 Å². The zero-order valence-corrected chi connectivity index (χ0v) is 9.94. The van der Waals surface area contributed by atoms with Crippen LogP contribution in [0.5, 0.6) is 0 Å². The number of aromatic nitrogens is 2. The predicted octanol–water partition coefficient (Wildman–Crippen LogP) is 1.44. The Morgan fingerprint density at radius 1 is 1.50 bits per heavy atom. The van der Waals surface area contributed by atoms with Crippen molar-refractivity contribution in [2.45, 2.75) is 44.9 Å². The normalized spacial score (nSPS) is 24.9. The molecule has 1 heterocycles. The summed E-state index contributed by atoms with van der Waals surface area (Å²) in [5.41, 5.74) is 1.05. The monoisotopic (exact) mass is 221 g/mol. The highest BCUT2D eigenvalue weighted by atomic mass is 16.5. The van der Waals surface area contributed by atoms with Crippen LogP contribution >= 0.6 is 0 Å². The van der Waals surface area contributed by atoms with E-state index < -0.39 is 0 Å². The molecule has 1 aliphatic rings. The highest BCUT2D eigenvalue weighted by Crippen LogP contribution is 2.21. The van der Waals surface area contributed by atoms with Crippen LogP contribution in [0.3, 0.4) is 0 Å². The first-order valence-electron chi connectivity index (χ1n) is 5.84. The molecule has 4 heteroatoms. The van der Waals surface area contributed by atoms with Gasteiger partial charge in [-0.15, -0.1) is 0 Å². The van der Waals surface area contributed by atoms with Gasteiger partial charge in [0.25, 0.3) is 0 Å². The molecule has 1 saturated carbocycles. The van der Waals surface area contributed by atoms with E-state index in [0.717, 1.165) is 24.5 Å². The first-order valence-corrected chi connectivity index (χ1v) is 5.84. The number of nitrogens with one attached hydrogen (secondary N) is 1. The Morgan fingerprint density at radius 3 is 3.12 bits per heavy atom. The Morgan fingerprint density at radius 2 is 2.38 bits per heavy atom. The van der Waals surface area contributed by atoms with Gasteiger partial charge in [0.15, 0.2) is 0 Å². The number of hydrogen-bond donors (Lipinski definition) is 1. The summed E-state index contributed by atoms with van der Waals surface area (Å²) in [7, 11) is 1.79. The summed E-state index contributed by atoms with van der Waals surface area (Å²) in [6, 6.07) is 2.43. The van der Waals surface area contributed by atoms with Gasteiger partial charge in [-0.3, -0.25) is 0 Å². The van der Waals surface area contributed by atoms with Crippen LogP contribution in [0.25, 0.3) is 0 Å². The van der Waals surface area contributed by atoms with Gasteiger partial charge in [0.05, 0.1) is 11.8 Å². The molecule has 1 fully saturated rings. The topological polar surface area (TPSA) is 47.0 Å². The number of aryl methyl sites for hydroxylation is 1. The van der Waals surface area contributed by atoms with Crippen LogP contribution in [-0.2, 0) is 11.3 Å². The first-order chi connectivity index (χ1) is 7.79. The molecule has 0 radical (unpaired) electrons. The van der Waals surface area contributed by atoms with Gasteiger partial charge in [-0.2, -0.15) is 0 Å². The van der Waals surface area contributed by atoms with Crippen LogP contribution in [0.1, 0.15) is 30.8 Å². The van der Waals surface area contributed by atoms with Gasteiger partial charge in [0.2, 0.25) is 0 Å². The van der Waals surface area contributed by atoms with Gasteiger partial charge in [0.1, 0.15) is 5.82 Å². The largest absolute Gasteiger partial charge is 0.380 e. The zero-order chi connectivity index (χ0) is 11.4. The van der Waals surface area contributed by atoms with Gasteiger partial charge >= 0.3 is 0 Å². The van der Waals surface area contributed by atoms with Crippen molar-refractivity contribution in [2.24, 2.45) is 0 Å². The van der Waals surface area contributed by atoms with E-state index in [-0.39, 0.29) is 0 Å². The maximum absolute atomic E-state index is 5.44. The summed E-state index contributed by atoms with van der Waals surface area (Å²) in [4.78, 5) is 8.46. The molecular weight excluding hydrogens is 202 g/mol. The molecule has 0 saturated heterocycles. The molecule has 2 unspecified atom stereocenters. The second-order valence-electron chi connectivity index (χ2n) is 4.29. The Labute approximate surface area is 96.4 Å². The third-order valence-corrected chi connectivity index (χ3v) is 3.13. The van der Waals surface area contributed by atoms with Crippen molar-refractivity contribution >= 4 is 0 Å². The maximum atomic E-state index is 5.44. The van der Waals surface area contributed by atoms with Gasteiger partial charge < -0.3 is 10.1 Å². The molecule has 16 heavy (non-hydrogen) atoms. The van der Waals surface area contributed by atoms with Gasteiger partial charge in [-0.25, -0.2) is 9.97 Å². The van der Waals surface area contributed by atoms with E-state index in [0.29, 0.717) is 12.1 Å². The number of ether oxygens (including phenoxy) is 1. The lowest BCUT2D eigenvalue weighted by Gasteiger charge is -2.19. The van der Waals surface area contributed by atoms with E-state index >= 15 is 0 Å². The second-order valence-corrected chi connectivity index (χ2v) is 4.29. The quantitative estimate of drug-likeness (QED) is 0.835. The molecular formula is C12H19N3O. The molecule has 1 N–H and O–H groups in total. The Balaban J connectivity index is 1.87. The lowest BCUT2D eigenvalue weighted by atomic mass is 10.2. The third-order valence-electron chi connectivity index (χ3n) is 3.13. The summed E-state index contributed by atoms with van der Waals surface area (Å²) >= 11 is 0. The van der Waals surface area contributed by atoms with Gasteiger partial charge in [-0.1, -0.05) is 0 Å². The first kappa shape index (κ1) is 11.5. The smallest absolute Gasteiger partial charge is 0.125 e. The molecule has 0 aliphatic heterocycles. The van der Waals surface area contributed by atoms with Crippen molar-refractivity contribution in [2.75, 3.05) is 7.11 Å². The summed E-state index contributed by atoms with van der Waals surface area (Å²) in [6.45, 7) is 2.71. The highest BCUT2D eigenvalue weighted by molar-refractivity contribution is 5.01. The van der Waals surface area contributed by atoms with Crippen molar-refractivity contribution in [1.82, 2.24) is 15.3 Å². The van der Waals surface area contributed by atoms with E-state index in [4.69, 9.17) is 4.74 Å². The summed E-state index contributed by atoms with van der Waals surface area (Å²) in [6.07, 6.45) is 5.78. The molecule has 88 valence electrons. The second kappa shape index (κ2) is 5.37. The van der Waals surface area contributed by atoms with Gasteiger partial charge in [0, 0.05) is 25.9 Å². The molecule has 2 rings (SSSR count). The van der Waals surface area contributed by atoms with Crippen LogP contribution in [-0.4, -0.2) is 29.2 Å². The minimum atomic E-state index is 0.364. The average molecular weight is 221 g/mol. The molecule has 0 spiro atoms. The standard InChI is InChI=1S/C12H19N3O/c1-9-13-7-6-10(15-9)8-14-11-4-3-5-12(11)16-2/h6-7,11-12,14H,3-5,8H2,1-2H3. The Bertz CT molecular complexity index is 343. The lowest BCUT2D eigenvalue weighted by Crippen LogP contribution is -2.36. The van der Waals surface area contributed by atoms with E-state index in [2.05, 4.69) is 15.3 Å². The van der Waals surface area contributed by atoms with Crippen molar-refractivity contribution in [3.63, 3.8) is 0 Å². The Hall–Kier alpha value is -1.00. The molecule has 1 aromatic rings. The molecule has 2 atom stereocenters. The third kappa shape index (κ3) is 2.77. The van der Waals surface area contributed by atoms with Crippen LogP contribution in [0.4, 0.5) is 0 Å². The van der Waals surface area contributed by atoms with Crippen LogP contribution in [0.15, 0.2) is 12.3 Å². The van der Waals surface area contributed by atoms with E-state index in [1.54, 1.807) is 7.11 Å². The van der Waals surface area contributed by atoms with E-state index in [9.17, 15) is 0 Å². The predicted molar refractivity (Wildman–Crippen MR) is 62.0 cm³/mol. The highest BCUT2D eigenvalue weighted by Gasteiger charge is 2.26. The number of methoxy groups -OCH3 is 1. The minimum Gasteiger partial charge on any atom is -0.380 e. The maximum Gasteiger partial charge on any atom is 0.125 e. The number of nitrogens with zero attached hydrogens (tertiary/aromatic N) is 2. The van der Waals surface area contributed by atoms with Crippen molar-refractivity contribution < 1.29 is 4.74 Å². The Kier molecular flexibility index (Phi) is 3.85. The number of hydrogen-bond acceptors (Lipinski definition) is 4. The fourth-order valence-electron chi connectivity index (χ4n) is 2.28. The molecule has 0 amide bonds. The van der Waals surface area contributed by atoms with Gasteiger partial charge in [-0.05, 0) is 32.3 Å². The van der Waals surface area contributed by atoms with Crippen LogP contribution in [0.2, 0.25) is 0 Å². The number of rotatable bonds is 4. The summed E-state index contributed by atoms with van der Waals surface area (Å²) < 4.78 is 5.44. The van der Waals surface area contributed by atoms with Crippen molar-refractivity contribution in [3.05, 3.63) is 23.8 Å². The van der Waals surface area contributed by atoms with Crippen LogP contribution in [0, 0.1) is 6.92 Å². The van der Waals surface area contributed by atoms with Crippen LogP contribution < -0.4 is 5.32 Å². The lowest BCUT2D eigenvalue weighted by molar-refractivity contribution is 0.0846. The fourth-order valence-corrected chi connectivity index (χ4v) is 2.28. The molecule has 4 nitrogen and oxygen atoms in total. The van der Waals surface area contributed by atoms with E-state index in [1.165, 1.54) is 12.8 Å². The molecule has 0 aromatic carbocycles. The van der Waals surface area contributed by atoms with Crippen molar-refractivity contribution in [3.8, 4) is 0 Å². The summed E-state index contributed by atoms with van der Waals surface area (Å²) in [5.74, 6) is 0.828. The fraction of sp³-hybridized carbons (Fsp3) is 0.667. The molecule has 0 bridgehead atoms. The molecule has 1 aromatic heterocycles. The van der Waals surface area contributed by atoms with E-state index in [1.807, 2.05) is 19.2 Å². The molecule has 1 aliphatic carbocycles.